The van der Waals surface area contributed by atoms with Crippen molar-refractivity contribution in [3.63, 3.8) is 0 Å². The minimum absolute atomic E-state index is 0.186. The highest BCUT2D eigenvalue weighted by Gasteiger charge is 2.06. The van der Waals surface area contributed by atoms with E-state index in [0.717, 1.165) is 6.42 Å². The van der Waals surface area contributed by atoms with Crippen molar-refractivity contribution in [2.24, 2.45) is 5.73 Å². The Balaban J connectivity index is 2.11. The SMILES string of the molecule is CCc1ccc(C(=O)Nc2cccc(C#CCN)n2)cc1. The van der Waals surface area contributed by atoms with Gasteiger partial charge in [0.1, 0.15) is 11.5 Å². The molecule has 1 aromatic heterocycles. The van der Waals surface area contributed by atoms with Gasteiger partial charge in [0.2, 0.25) is 0 Å². The summed E-state index contributed by atoms with van der Waals surface area (Å²) in [6, 6.07) is 12.8. The fourth-order valence-electron chi connectivity index (χ4n) is 1.80. The maximum Gasteiger partial charge on any atom is 0.256 e. The molecule has 106 valence electrons. The van der Waals surface area contributed by atoms with E-state index in [4.69, 9.17) is 5.73 Å². The van der Waals surface area contributed by atoms with Crippen LogP contribution in [0.4, 0.5) is 5.82 Å². The van der Waals surface area contributed by atoms with Crippen molar-refractivity contribution in [2.45, 2.75) is 13.3 Å². The average molecular weight is 279 g/mol. The normalized spacial score (nSPS) is 9.62. The zero-order valence-electron chi connectivity index (χ0n) is 11.9. The van der Waals surface area contributed by atoms with Gasteiger partial charge in [0.25, 0.3) is 5.91 Å². The third kappa shape index (κ3) is 4.16. The standard InChI is InChI=1S/C17H17N3O/c1-2-13-8-10-14(11-9-13)17(21)20-16-7-3-5-15(19-16)6-4-12-18/h3,5,7-11H,2,12,18H2,1H3,(H,19,20,21). The number of hydrogen-bond acceptors (Lipinski definition) is 3. The van der Waals surface area contributed by atoms with E-state index in [1.165, 1.54) is 5.56 Å². The van der Waals surface area contributed by atoms with Crippen LogP contribution in [-0.2, 0) is 6.42 Å². The second-order valence-corrected chi connectivity index (χ2v) is 4.42. The number of pyridine rings is 1. The van der Waals surface area contributed by atoms with Gasteiger partial charge in [0.15, 0.2) is 0 Å². The number of anilines is 1. The fraction of sp³-hybridized carbons (Fsp3) is 0.176. The monoisotopic (exact) mass is 279 g/mol. The lowest BCUT2D eigenvalue weighted by Gasteiger charge is -2.05. The Morgan fingerprint density at radius 1 is 1.24 bits per heavy atom. The molecule has 0 atom stereocenters. The van der Waals surface area contributed by atoms with E-state index in [1.807, 2.05) is 24.3 Å². The topological polar surface area (TPSA) is 68.0 Å². The third-order valence-electron chi connectivity index (χ3n) is 2.93. The van der Waals surface area contributed by atoms with Crippen molar-refractivity contribution in [2.75, 3.05) is 11.9 Å². The van der Waals surface area contributed by atoms with Crippen LogP contribution < -0.4 is 11.1 Å². The summed E-state index contributed by atoms with van der Waals surface area (Å²) < 4.78 is 0. The molecule has 0 unspecified atom stereocenters. The molecule has 0 radical (unpaired) electrons. The van der Waals surface area contributed by atoms with Gasteiger partial charge in [0.05, 0.1) is 6.54 Å². The smallest absolute Gasteiger partial charge is 0.256 e. The second kappa shape index (κ2) is 7.22. The number of benzene rings is 1. The van der Waals surface area contributed by atoms with Crippen molar-refractivity contribution in [3.8, 4) is 11.8 Å². The molecule has 1 heterocycles. The Morgan fingerprint density at radius 2 is 2.00 bits per heavy atom. The third-order valence-corrected chi connectivity index (χ3v) is 2.93. The summed E-state index contributed by atoms with van der Waals surface area (Å²) in [5.74, 6) is 5.86. The first-order chi connectivity index (χ1) is 10.2. The van der Waals surface area contributed by atoms with Gasteiger partial charge in [-0.25, -0.2) is 4.98 Å². The molecular weight excluding hydrogens is 262 g/mol. The van der Waals surface area contributed by atoms with E-state index in [2.05, 4.69) is 29.1 Å². The maximum absolute atomic E-state index is 12.1. The Bertz CT molecular complexity index is 681. The van der Waals surface area contributed by atoms with Crippen LogP contribution in [0.25, 0.3) is 0 Å². The van der Waals surface area contributed by atoms with E-state index in [0.29, 0.717) is 17.1 Å². The van der Waals surface area contributed by atoms with Crippen LogP contribution in [0.1, 0.15) is 28.5 Å². The van der Waals surface area contributed by atoms with Gasteiger partial charge in [-0.05, 0) is 42.2 Å². The molecule has 1 amide bonds. The number of amides is 1. The molecule has 0 aliphatic carbocycles. The van der Waals surface area contributed by atoms with Crippen LogP contribution >= 0.6 is 0 Å². The number of nitrogens with zero attached hydrogens (tertiary/aromatic N) is 1. The van der Waals surface area contributed by atoms with Crippen molar-refractivity contribution >= 4 is 11.7 Å². The predicted octanol–water partition coefficient (Wildman–Crippen LogP) is 2.21. The second-order valence-electron chi connectivity index (χ2n) is 4.42. The first kappa shape index (κ1) is 14.8. The van der Waals surface area contributed by atoms with Crippen LogP contribution in [0.3, 0.4) is 0 Å². The molecule has 21 heavy (non-hydrogen) atoms. The van der Waals surface area contributed by atoms with Crippen molar-refractivity contribution in [1.29, 1.82) is 0 Å². The summed E-state index contributed by atoms with van der Waals surface area (Å²) in [6.07, 6.45) is 0.950. The molecular formula is C17H17N3O. The molecule has 0 fully saturated rings. The predicted molar refractivity (Wildman–Crippen MR) is 83.9 cm³/mol. The van der Waals surface area contributed by atoms with Gasteiger partial charge in [-0.15, -0.1) is 0 Å². The lowest BCUT2D eigenvalue weighted by molar-refractivity contribution is 0.102. The zero-order valence-corrected chi connectivity index (χ0v) is 11.9. The van der Waals surface area contributed by atoms with Crippen LogP contribution in [0.15, 0.2) is 42.5 Å². The van der Waals surface area contributed by atoms with Gasteiger partial charge < -0.3 is 11.1 Å². The van der Waals surface area contributed by atoms with E-state index in [1.54, 1.807) is 18.2 Å². The lowest BCUT2D eigenvalue weighted by atomic mass is 10.1. The van der Waals surface area contributed by atoms with E-state index < -0.39 is 0 Å². The van der Waals surface area contributed by atoms with E-state index >= 15 is 0 Å². The largest absolute Gasteiger partial charge is 0.320 e. The number of hydrogen-bond donors (Lipinski definition) is 2. The molecule has 4 nitrogen and oxygen atoms in total. The Hall–Kier alpha value is -2.64. The highest BCUT2D eigenvalue weighted by atomic mass is 16.1. The van der Waals surface area contributed by atoms with Crippen LogP contribution in [0.2, 0.25) is 0 Å². The summed E-state index contributed by atoms with van der Waals surface area (Å²) >= 11 is 0. The molecule has 0 aliphatic rings. The van der Waals surface area contributed by atoms with Gasteiger partial charge in [-0.1, -0.05) is 31.0 Å². The number of carbonyl (C=O) groups excluding carboxylic acids is 1. The highest BCUT2D eigenvalue weighted by Crippen LogP contribution is 2.09. The first-order valence-electron chi connectivity index (χ1n) is 6.79. The minimum atomic E-state index is -0.186. The first-order valence-corrected chi connectivity index (χ1v) is 6.79. The molecule has 0 bridgehead atoms. The number of aromatic nitrogens is 1. The summed E-state index contributed by atoms with van der Waals surface area (Å²) in [6.45, 7) is 2.36. The summed E-state index contributed by atoms with van der Waals surface area (Å²) in [5.41, 5.74) is 7.71. The van der Waals surface area contributed by atoms with Crippen LogP contribution in [-0.4, -0.2) is 17.4 Å². The number of carbonyl (C=O) groups is 1. The molecule has 0 spiro atoms. The average Bonchev–Trinajstić information content (AvgIpc) is 2.53. The highest BCUT2D eigenvalue weighted by molar-refractivity contribution is 6.03. The molecule has 0 aliphatic heterocycles. The van der Waals surface area contributed by atoms with Crippen LogP contribution in [0.5, 0.6) is 0 Å². The Morgan fingerprint density at radius 3 is 2.67 bits per heavy atom. The lowest BCUT2D eigenvalue weighted by Crippen LogP contribution is -2.13. The van der Waals surface area contributed by atoms with Gasteiger partial charge in [-0.3, -0.25) is 4.79 Å². The number of rotatable bonds is 3. The molecule has 0 saturated carbocycles. The summed E-state index contributed by atoms with van der Waals surface area (Å²) in [4.78, 5) is 16.4. The Kier molecular flexibility index (Phi) is 5.08. The van der Waals surface area contributed by atoms with Gasteiger partial charge >= 0.3 is 0 Å². The molecule has 0 saturated heterocycles. The number of nitrogens with two attached hydrogens (primary N) is 1. The zero-order chi connectivity index (χ0) is 15.1. The van der Waals surface area contributed by atoms with Crippen molar-refractivity contribution in [1.82, 2.24) is 4.98 Å². The van der Waals surface area contributed by atoms with E-state index in [-0.39, 0.29) is 12.5 Å². The van der Waals surface area contributed by atoms with Gasteiger partial charge in [-0.2, -0.15) is 0 Å². The summed E-state index contributed by atoms with van der Waals surface area (Å²) in [7, 11) is 0. The quantitative estimate of drug-likeness (QED) is 0.846. The number of nitrogens with one attached hydrogen (secondary N) is 1. The fourth-order valence-corrected chi connectivity index (χ4v) is 1.80. The van der Waals surface area contributed by atoms with Crippen molar-refractivity contribution < 1.29 is 4.79 Å². The maximum atomic E-state index is 12.1. The summed E-state index contributed by atoms with van der Waals surface area (Å²) in [5, 5.41) is 2.76. The van der Waals surface area contributed by atoms with E-state index in [9.17, 15) is 4.79 Å². The molecule has 3 N–H and O–H groups in total. The Labute approximate surface area is 124 Å². The van der Waals surface area contributed by atoms with Gasteiger partial charge in [0, 0.05) is 5.56 Å². The minimum Gasteiger partial charge on any atom is -0.320 e. The molecule has 2 aromatic rings. The molecule has 4 heteroatoms. The molecule has 1 aromatic carbocycles. The molecule has 2 rings (SSSR count). The van der Waals surface area contributed by atoms with Crippen molar-refractivity contribution in [3.05, 3.63) is 59.3 Å². The van der Waals surface area contributed by atoms with Crippen LogP contribution in [0, 0.1) is 11.8 Å². The number of aryl methyl sites for hydroxylation is 1.